The summed E-state index contributed by atoms with van der Waals surface area (Å²) in [7, 11) is 1.33. The maximum Gasteiger partial charge on any atom is 0.338 e. The molecule has 0 amide bonds. The van der Waals surface area contributed by atoms with Gasteiger partial charge in [-0.25, -0.2) is 4.79 Å². The summed E-state index contributed by atoms with van der Waals surface area (Å²) in [5.74, 6) is -0.586. The largest absolute Gasteiger partial charge is 0.508 e. The second kappa shape index (κ2) is 9.18. The number of rotatable bonds is 6. The minimum absolute atomic E-state index is 0.0126. The molecule has 1 heterocycles. The molecule has 0 bridgehead atoms. The molecule has 1 aliphatic rings. The molecule has 1 saturated heterocycles. The molecule has 30 heavy (non-hydrogen) atoms. The zero-order chi connectivity index (χ0) is 21.8. The Balaban J connectivity index is 1.65. The van der Waals surface area contributed by atoms with Gasteiger partial charge in [0.05, 0.1) is 12.7 Å². The SMILES string of the molecule is COc1cc(C(=O)OC[C@H]2O[C@@H](Oc3ccc(O)cc3)[C@H](O)[C@@H](O)[C@@H]2O)ccc1O. The number of phenolic OH excluding ortho intramolecular Hbond substituents is 2. The Morgan fingerprint density at radius 1 is 1.00 bits per heavy atom. The highest BCUT2D eigenvalue weighted by molar-refractivity contribution is 5.90. The number of benzene rings is 2. The van der Waals surface area contributed by atoms with Gasteiger partial charge in [0.1, 0.15) is 42.5 Å². The number of aromatic hydroxyl groups is 2. The van der Waals surface area contributed by atoms with E-state index in [1.807, 2.05) is 0 Å². The number of carbonyl (C=O) groups is 1. The van der Waals surface area contributed by atoms with E-state index in [2.05, 4.69) is 0 Å². The van der Waals surface area contributed by atoms with E-state index in [0.29, 0.717) is 0 Å². The predicted octanol–water partition coefficient (Wildman–Crippen LogP) is 0.150. The van der Waals surface area contributed by atoms with Crippen molar-refractivity contribution in [2.75, 3.05) is 13.7 Å². The third kappa shape index (κ3) is 4.74. The lowest BCUT2D eigenvalue weighted by molar-refractivity contribution is -0.277. The van der Waals surface area contributed by atoms with E-state index in [1.165, 1.54) is 49.6 Å². The van der Waals surface area contributed by atoms with Crippen molar-refractivity contribution in [3.8, 4) is 23.0 Å². The van der Waals surface area contributed by atoms with E-state index in [0.717, 1.165) is 0 Å². The number of aliphatic hydroxyl groups excluding tert-OH is 3. The van der Waals surface area contributed by atoms with Gasteiger partial charge < -0.3 is 44.5 Å². The van der Waals surface area contributed by atoms with Crippen LogP contribution >= 0.6 is 0 Å². The first-order valence-electron chi connectivity index (χ1n) is 8.99. The van der Waals surface area contributed by atoms with E-state index in [1.54, 1.807) is 0 Å². The number of carbonyl (C=O) groups excluding carboxylic acids is 1. The van der Waals surface area contributed by atoms with E-state index in [9.17, 15) is 30.3 Å². The summed E-state index contributed by atoms with van der Waals surface area (Å²) in [5.41, 5.74) is 0.0902. The van der Waals surface area contributed by atoms with Gasteiger partial charge in [0.15, 0.2) is 11.5 Å². The molecule has 10 nitrogen and oxygen atoms in total. The summed E-state index contributed by atoms with van der Waals surface area (Å²) in [6, 6.07) is 9.45. The average Bonchev–Trinajstić information content (AvgIpc) is 2.74. The van der Waals surface area contributed by atoms with Crippen molar-refractivity contribution in [2.45, 2.75) is 30.7 Å². The fourth-order valence-electron chi connectivity index (χ4n) is 2.86. The number of hydrogen-bond acceptors (Lipinski definition) is 10. The standard InChI is InChI=1S/C20H22O10/c1-27-14-8-10(2-7-13(14)22)19(26)28-9-15-16(23)17(24)18(25)20(30-15)29-12-5-3-11(21)4-6-12/h2-8,15-18,20-25H,9H2,1H3/t15-,16-,17+,18-,20-/m1/s1. The topological polar surface area (TPSA) is 155 Å². The van der Waals surface area contributed by atoms with Gasteiger partial charge in [0, 0.05) is 0 Å². The van der Waals surface area contributed by atoms with Crippen LogP contribution in [0.3, 0.4) is 0 Å². The average molecular weight is 422 g/mol. The van der Waals surface area contributed by atoms with Crippen LogP contribution in [0.15, 0.2) is 42.5 Å². The Morgan fingerprint density at radius 3 is 2.37 bits per heavy atom. The van der Waals surface area contributed by atoms with Crippen LogP contribution in [0.1, 0.15) is 10.4 Å². The smallest absolute Gasteiger partial charge is 0.338 e. The van der Waals surface area contributed by atoms with Crippen molar-refractivity contribution in [1.82, 2.24) is 0 Å². The molecule has 2 aromatic carbocycles. The van der Waals surface area contributed by atoms with E-state index in [-0.39, 0.29) is 28.6 Å². The van der Waals surface area contributed by atoms with Crippen molar-refractivity contribution in [3.05, 3.63) is 48.0 Å². The maximum absolute atomic E-state index is 12.3. The van der Waals surface area contributed by atoms with Gasteiger partial charge in [-0.3, -0.25) is 0 Å². The molecule has 0 unspecified atom stereocenters. The highest BCUT2D eigenvalue weighted by Gasteiger charge is 2.45. The van der Waals surface area contributed by atoms with Crippen LogP contribution < -0.4 is 9.47 Å². The Labute approximate surface area is 171 Å². The molecular weight excluding hydrogens is 400 g/mol. The first kappa shape index (κ1) is 21.7. The first-order chi connectivity index (χ1) is 14.3. The minimum Gasteiger partial charge on any atom is -0.508 e. The molecule has 0 aliphatic carbocycles. The molecule has 162 valence electrons. The minimum atomic E-state index is -1.61. The fraction of sp³-hybridized carbons (Fsp3) is 0.350. The summed E-state index contributed by atoms with van der Waals surface area (Å²) in [6.45, 7) is -0.442. The van der Waals surface area contributed by atoms with E-state index in [4.69, 9.17) is 18.9 Å². The van der Waals surface area contributed by atoms with Crippen LogP contribution in [0.4, 0.5) is 0 Å². The highest BCUT2D eigenvalue weighted by atomic mass is 16.7. The van der Waals surface area contributed by atoms with Crippen molar-refractivity contribution in [3.63, 3.8) is 0 Å². The Hall–Kier alpha value is -3.05. The summed E-state index contributed by atoms with van der Waals surface area (Å²) < 4.78 is 21.0. The molecular formula is C20H22O10. The second-order valence-corrected chi connectivity index (χ2v) is 6.61. The summed E-state index contributed by atoms with van der Waals surface area (Å²) in [5, 5.41) is 49.3. The lowest BCUT2D eigenvalue weighted by atomic mass is 9.99. The normalized spacial score (nSPS) is 26.1. The molecule has 5 N–H and O–H groups in total. The van der Waals surface area contributed by atoms with E-state index < -0.39 is 43.3 Å². The van der Waals surface area contributed by atoms with Crippen molar-refractivity contribution < 1.29 is 49.3 Å². The molecule has 2 aromatic rings. The highest BCUT2D eigenvalue weighted by Crippen LogP contribution is 2.28. The van der Waals surface area contributed by atoms with Gasteiger partial charge in [0.25, 0.3) is 0 Å². The molecule has 3 rings (SSSR count). The third-order valence-corrected chi connectivity index (χ3v) is 4.55. The molecule has 1 fully saturated rings. The lowest BCUT2D eigenvalue weighted by Gasteiger charge is -2.39. The van der Waals surface area contributed by atoms with Crippen LogP contribution in [0, 0.1) is 0 Å². The summed E-state index contributed by atoms with van der Waals surface area (Å²) in [4.78, 5) is 12.3. The van der Waals surface area contributed by atoms with Crippen LogP contribution in [0.2, 0.25) is 0 Å². The van der Waals surface area contributed by atoms with E-state index >= 15 is 0 Å². The molecule has 0 aromatic heterocycles. The zero-order valence-corrected chi connectivity index (χ0v) is 15.9. The number of aliphatic hydroxyl groups is 3. The van der Waals surface area contributed by atoms with Gasteiger partial charge >= 0.3 is 5.97 Å². The Bertz CT molecular complexity index is 868. The number of methoxy groups -OCH3 is 1. The fourth-order valence-corrected chi connectivity index (χ4v) is 2.86. The Morgan fingerprint density at radius 2 is 1.70 bits per heavy atom. The molecule has 10 heteroatoms. The third-order valence-electron chi connectivity index (χ3n) is 4.55. The maximum atomic E-state index is 12.3. The number of phenols is 2. The molecule has 5 atom stereocenters. The predicted molar refractivity (Wildman–Crippen MR) is 100 cm³/mol. The second-order valence-electron chi connectivity index (χ2n) is 6.61. The van der Waals surface area contributed by atoms with Crippen LogP contribution in [0.5, 0.6) is 23.0 Å². The lowest BCUT2D eigenvalue weighted by Crippen LogP contribution is -2.60. The first-order valence-corrected chi connectivity index (χ1v) is 8.99. The number of ether oxygens (including phenoxy) is 4. The quantitative estimate of drug-likeness (QED) is 0.406. The zero-order valence-electron chi connectivity index (χ0n) is 15.9. The van der Waals surface area contributed by atoms with Crippen molar-refractivity contribution in [2.24, 2.45) is 0 Å². The van der Waals surface area contributed by atoms with Crippen molar-refractivity contribution >= 4 is 5.97 Å². The van der Waals surface area contributed by atoms with Crippen LogP contribution in [0.25, 0.3) is 0 Å². The van der Waals surface area contributed by atoms with Gasteiger partial charge in [0.2, 0.25) is 6.29 Å². The van der Waals surface area contributed by atoms with Gasteiger partial charge in [-0.05, 0) is 42.5 Å². The van der Waals surface area contributed by atoms with Crippen LogP contribution in [-0.2, 0) is 9.47 Å². The molecule has 0 saturated carbocycles. The van der Waals surface area contributed by atoms with Gasteiger partial charge in [-0.1, -0.05) is 0 Å². The van der Waals surface area contributed by atoms with Crippen LogP contribution in [-0.4, -0.2) is 75.9 Å². The van der Waals surface area contributed by atoms with Gasteiger partial charge in [-0.2, -0.15) is 0 Å². The summed E-state index contributed by atoms with van der Waals surface area (Å²) >= 11 is 0. The Kier molecular flexibility index (Phi) is 6.63. The number of hydrogen-bond donors (Lipinski definition) is 5. The number of esters is 1. The van der Waals surface area contributed by atoms with Gasteiger partial charge in [-0.15, -0.1) is 0 Å². The van der Waals surface area contributed by atoms with Crippen molar-refractivity contribution in [1.29, 1.82) is 0 Å². The summed E-state index contributed by atoms with van der Waals surface area (Å²) in [6.07, 6.45) is -7.26. The molecule has 1 aliphatic heterocycles. The monoisotopic (exact) mass is 422 g/mol. The molecule has 0 radical (unpaired) electrons. The molecule has 0 spiro atoms.